The highest BCUT2D eigenvalue weighted by atomic mass is 32.1. The van der Waals surface area contributed by atoms with Gasteiger partial charge in [0.15, 0.2) is 0 Å². The van der Waals surface area contributed by atoms with Crippen LogP contribution in [0.5, 0.6) is 0 Å². The van der Waals surface area contributed by atoms with Crippen molar-refractivity contribution in [2.45, 2.75) is 31.9 Å². The summed E-state index contributed by atoms with van der Waals surface area (Å²) in [5.41, 5.74) is 1.02. The Morgan fingerprint density at radius 1 is 1.19 bits per heavy atom. The number of nitrogens with one attached hydrogen (secondary N) is 1. The van der Waals surface area contributed by atoms with E-state index in [9.17, 15) is 18.0 Å². The minimum atomic E-state index is -4.24. The molecule has 10 heteroatoms. The molecule has 1 saturated carbocycles. The summed E-state index contributed by atoms with van der Waals surface area (Å²) in [6, 6.07) is 1.58. The second-order valence-corrected chi connectivity index (χ2v) is 10.6. The van der Waals surface area contributed by atoms with Crippen LogP contribution in [0.3, 0.4) is 0 Å². The molecule has 6 nitrogen and oxygen atoms in total. The Labute approximate surface area is 181 Å². The fraction of sp³-hybridized carbons (Fsp3) is 0.571. The third-order valence-corrected chi connectivity index (χ3v) is 8.06. The number of nitrogens with zero attached hydrogens (tertiary/aromatic N) is 4. The molecule has 31 heavy (non-hydrogen) atoms. The molecule has 3 fully saturated rings. The van der Waals surface area contributed by atoms with E-state index in [4.69, 9.17) is 0 Å². The van der Waals surface area contributed by atoms with Crippen LogP contribution in [0, 0.1) is 10.8 Å². The van der Waals surface area contributed by atoms with Crippen LogP contribution in [0.15, 0.2) is 24.2 Å². The van der Waals surface area contributed by atoms with E-state index in [1.54, 1.807) is 6.07 Å². The van der Waals surface area contributed by atoms with E-state index in [1.165, 1.54) is 6.33 Å². The second kappa shape index (κ2) is 6.34. The van der Waals surface area contributed by atoms with Crippen molar-refractivity contribution in [3.8, 4) is 0 Å². The zero-order valence-electron chi connectivity index (χ0n) is 16.8. The van der Waals surface area contributed by atoms with Crippen molar-refractivity contribution in [2.75, 3.05) is 37.6 Å². The molecule has 5 heterocycles. The van der Waals surface area contributed by atoms with Crippen LogP contribution >= 0.6 is 11.3 Å². The Kier molecular flexibility index (Phi) is 3.95. The minimum Gasteiger partial charge on any atom is -0.380 e. The molecule has 6 rings (SSSR count). The zero-order valence-corrected chi connectivity index (χ0v) is 17.7. The molecule has 2 spiro atoms. The molecule has 1 amide bonds. The van der Waals surface area contributed by atoms with Crippen molar-refractivity contribution in [3.63, 3.8) is 0 Å². The maximum atomic E-state index is 12.8. The van der Waals surface area contributed by atoms with Crippen LogP contribution in [-0.2, 0) is 11.2 Å². The smallest absolute Gasteiger partial charge is 0.380 e. The van der Waals surface area contributed by atoms with Gasteiger partial charge in [0.2, 0.25) is 0 Å². The molecule has 0 atom stereocenters. The van der Waals surface area contributed by atoms with Crippen molar-refractivity contribution >= 4 is 33.3 Å². The molecular formula is C21H22F3N5OS. The third-order valence-electron chi connectivity index (χ3n) is 7.02. The van der Waals surface area contributed by atoms with Crippen LogP contribution in [0.4, 0.5) is 19.0 Å². The number of hydrogen-bond donors (Lipinski definition) is 1. The van der Waals surface area contributed by atoms with Gasteiger partial charge in [-0.25, -0.2) is 9.97 Å². The first-order valence-corrected chi connectivity index (χ1v) is 11.4. The second-order valence-electron chi connectivity index (χ2n) is 9.53. The summed E-state index contributed by atoms with van der Waals surface area (Å²) in [6.07, 6.45) is 1.63. The van der Waals surface area contributed by atoms with Crippen LogP contribution in [0.2, 0.25) is 0 Å². The Morgan fingerprint density at radius 2 is 2.00 bits per heavy atom. The quantitative estimate of drug-likeness (QED) is 0.781. The first-order chi connectivity index (χ1) is 14.7. The van der Waals surface area contributed by atoms with E-state index in [0.29, 0.717) is 29.1 Å². The summed E-state index contributed by atoms with van der Waals surface area (Å²) >= 11 is 1.08. The minimum absolute atomic E-state index is 0.0359. The Balaban J connectivity index is 1.15. The van der Waals surface area contributed by atoms with E-state index < -0.39 is 12.6 Å². The summed E-state index contributed by atoms with van der Waals surface area (Å²) in [5.74, 6) is 0.791. The lowest BCUT2D eigenvalue weighted by Gasteiger charge is -2.48. The lowest BCUT2D eigenvalue weighted by Crippen LogP contribution is -2.60. The standard InChI is InChI=1S/C21H22F3N5OS/c22-21(23,24)6-13-5-14-16(26-12-27-17(14)31-13)28-4-3-20(9-28)10-29(11-20)18(30)15-7-19(1-2-19)8-25-15/h5,7,12,25H,1-4,6,8-11H2. The van der Waals surface area contributed by atoms with Gasteiger partial charge in [0.1, 0.15) is 17.0 Å². The first kappa shape index (κ1) is 19.3. The molecular weight excluding hydrogens is 427 g/mol. The van der Waals surface area contributed by atoms with Crippen LogP contribution in [0.25, 0.3) is 10.2 Å². The SMILES string of the molecule is O=C(C1=CC2(CC2)CN1)N1CC2(CCN(c3ncnc4sc(CC(F)(F)F)cc34)C2)C1. The lowest BCUT2D eigenvalue weighted by molar-refractivity contribution is -0.138. The predicted molar refractivity (Wildman–Crippen MR) is 111 cm³/mol. The Hall–Kier alpha value is -2.36. The number of likely N-dealkylation sites (tertiary alicyclic amines) is 1. The maximum Gasteiger partial charge on any atom is 0.393 e. The van der Waals surface area contributed by atoms with Crippen molar-refractivity contribution in [2.24, 2.45) is 10.8 Å². The van der Waals surface area contributed by atoms with E-state index >= 15 is 0 Å². The van der Waals surface area contributed by atoms with Gasteiger partial charge in [0, 0.05) is 48.4 Å². The molecule has 164 valence electrons. The average molecular weight is 450 g/mol. The molecule has 0 radical (unpaired) electrons. The first-order valence-electron chi connectivity index (χ1n) is 10.5. The van der Waals surface area contributed by atoms with Crippen LogP contribution < -0.4 is 10.2 Å². The monoisotopic (exact) mass is 449 g/mol. The number of aromatic nitrogens is 2. The molecule has 3 aliphatic heterocycles. The number of halogens is 3. The number of carbonyl (C=O) groups excluding carboxylic acids is 1. The molecule has 2 aromatic rings. The number of rotatable bonds is 3. The number of thiophene rings is 1. The predicted octanol–water partition coefficient (Wildman–Crippen LogP) is 3.10. The average Bonchev–Trinajstić information content (AvgIpc) is 3.04. The van der Waals surface area contributed by atoms with Gasteiger partial charge in [0.05, 0.1) is 17.5 Å². The number of fused-ring (bicyclic) bond motifs is 1. The Morgan fingerprint density at radius 3 is 2.71 bits per heavy atom. The summed E-state index contributed by atoms with van der Waals surface area (Å²) in [4.78, 5) is 26.3. The highest BCUT2D eigenvalue weighted by molar-refractivity contribution is 7.18. The molecule has 1 aliphatic carbocycles. The number of hydrogen-bond acceptors (Lipinski definition) is 6. The number of carbonyl (C=O) groups is 1. The summed E-state index contributed by atoms with van der Waals surface area (Å²) in [7, 11) is 0. The normalized spacial score (nSPS) is 23.4. The van der Waals surface area contributed by atoms with Gasteiger partial charge in [-0.3, -0.25) is 4.79 Å². The fourth-order valence-corrected chi connectivity index (χ4v) is 6.20. The molecule has 0 bridgehead atoms. The molecule has 0 unspecified atom stereocenters. The number of amides is 1. The highest BCUT2D eigenvalue weighted by Gasteiger charge is 2.52. The maximum absolute atomic E-state index is 12.8. The number of anilines is 1. The van der Waals surface area contributed by atoms with Crippen LogP contribution in [0.1, 0.15) is 24.1 Å². The van der Waals surface area contributed by atoms with Crippen molar-refractivity contribution in [1.82, 2.24) is 20.2 Å². The van der Waals surface area contributed by atoms with Gasteiger partial charge in [0.25, 0.3) is 5.91 Å². The molecule has 1 N–H and O–H groups in total. The largest absolute Gasteiger partial charge is 0.393 e. The van der Waals surface area contributed by atoms with Crippen LogP contribution in [-0.4, -0.2) is 59.7 Å². The highest BCUT2D eigenvalue weighted by Crippen LogP contribution is 2.50. The van der Waals surface area contributed by atoms with Gasteiger partial charge in [-0.15, -0.1) is 11.3 Å². The van der Waals surface area contributed by atoms with Gasteiger partial charge in [-0.1, -0.05) is 0 Å². The topological polar surface area (TPSA) is 61.4 Å². The Bertz CT molecular complexity index is 1100. The van der Waals surface area contributed by atoms with Gasteiger partial charge < -0.3 is 15.1 Å². The molecule has 2 saturated heterocycles. The van der Waals surface area contributed by atoms with Crippen molar-refractivity contribution in [1.29, 1.82) is 0 Å². The third kappa shape index (κ3) is 3.35. The van der Waals surface area contributed by atoms with Gasteiger partial charge in [-0.05, 0) is 31.4 Å². The lowest BCUT2D eigenvalue weighted by atomic mass is 9.79. The van der Waals surface area contributed by atoms with Gasteiger partial charge in [-0.2, -0.15) is 13.2 Å². The fourth-order valence-electron chi connectivity index (χ4n) is 5.18. The van der Waals surface area contributed by atoms with E-state index in [0.717, 1.165) is 55.9 Å². The summed E-state index contributed by atoms with van der Waals surface area (Å²) < 4.78 is 38.4. The number of alkyl halides is 3. The summed E-state index contributed by atoms with van der Waals surface area (Å²) in [5, 5.41) is 3.96. The molecule has 0 aromatic carbocycles. The van der Waals surface area contributed by atoms with Gasteiger partial charge >= 0.3 is 6.18 Å². The molecule has 4 aliphatic rings. The van der Waals surface area contributed by atoms with Crippen molar-refractivity contribution < 1.29 is 18.0 Å². The summed E-state index contributed by atoms with van der Waals surface area (Å²) in [6.45, 7) is 3.84. The zero-order chi connectivity index (χ0) is 21.4. The molecule has 2 aromatic heterocycles. The van der Waals surface area contributed by atoms with E-state index in [-0.39, 0.29) is 21.6 Å². The van der Waals surface area contributed by atoms with E-state index in [1.807, 2.05) is 4.90 Å². The van der Waals surface area contributed by atoms with E-state index in [2.05, 4.69) is 26.3 Å². The van der Waals surface area contributed by atoms with Crippen molar-refractivity contribution in [3.05, 3.63) is 29.0 Å².